The molecule has 1 rings (SSSR count). The summed E-state index contributed by atoms with van der Waals surface area (Å²) < 4.78 is 9.79. The molecule has 0 bridgehead atoms. The Morgan fingerprint density at radius 1 is 1.30 bits per heavy atom. The molecule has 1 N–H and O–H groups in total. The van der Waals surface area contributed by atoms with Crippen molar-refractivity contribution in [2.45, 2.75) is 30.7 Å². The molecule has 1 unspecified atom stereocenters. The Bertz CT molecular complexity index is 408. The Morgan fingerprint density at radius 2 is 2.10 bits per heavy atom. The van der Waals surface area contributed by atoms with Crippen LogP contribution in [0.25, 0.3) is 0 Å². The third-order valence-electron chi connectivity index (χ3n) is 2.39. The molecule has 1 aromatic heterocycles. The molecular formula is C12H20NO3PS3. The maximum atomic E-state index is 9.37. The fourth-order valence-electron chi connectivity index (χ4n) is 1.35. The lowest BCUT2D eigenvalue weighted by Crippen LogP contribution is -1.94. The van der Waals surface area contributed by atoms with E-state index in [1.807, 2.05) is 35.2 Å². The second-order valence-corrected chi connectivity index (χ2v) is 9.35. The molecule has 1 atom stereocenters. The smallest absolute Gasteiger partial charge is 0.324 e. The van der Waals surface area contributed by atoms with Crippen LogP contribution in [0.4, 0.5) is 0 Å². The van der Waals surface area contributed by atoms with Crippen molar-refractivity contribution < 1.29 is 13.9 Å². The molecule has 0 aromatic carbocycles. The van der Waals surface area contributed by atoms with E-state index in [4.69, 9.17) is 16.3 Å². The Balaban J connectivity index is 1.89. The van der Waals surface area contributed by atoms with Gasteiger partial charge in [-0.1, -0.05) is 29.7 Å². The third kappa shape index (κ3) is 9.34. The number of unbranched alkanes of at least 4 members (excludes halogenated alkanes) is 3. The van der Waals surface area contributed by atoms with Crippen LogP contribution in [0.3, 0.4) is 0 Å². The summed E-state index contributed by atoms with van der Waals surface area (Å²) in [4.78, 5) is 13.6. The zero-order chi connectivity index (χ0) is 14.7. The van der Waals surface area contributed by atoms with Gasteiger partial charge in [-0.25, -0.2) is 4.98 Å². The van der Waals surface area contributed by atoms with Crippen molar-refractivity contribution >= 4 is 40.1 Å². The van der Waals surface area contributed by atoms with Crippen LogP contribution in [0.5, 0.6) is 0 Å². The van der Waals surface area contributed by atoms with Gasteiger partial charge in [0.05, 0.1) is 6.61 Å². The van der Waals surface area contributed by atoms with Crippen molar-refractivity contribution in [2.75, 3.05) is 19.5 Å². The lowest BCUT2D eigenvalue weighted by Gasteiger charge is -2.12. The minimum Gasteiger partial charge on any atom is -0.324 e. The van der Waals surface area contributed by atoms with Crippen LogP contribution in [0.2, 0.25) is 0 Å². The molecule has 20 heavy (non-hydrogen) atoms. The van der Waals surface area contributed by atoms with Gasteiger partial charge in [-0.05, 0) is 47.6 Å². The Labute approximate surface area is 133 Å². The van der Waals surface area contributed by atoms with Gasteiger partial charge in [0.25, 0.3) is 0 Å². The highest BCUT2D eigenvalue weighted by molar-refractivity contribution is 8.76. The van der Waals surface area contributed by atoms with Crippen LogP contribution in [0.15, 0.2) is 29.4 Å². The molecule has 114 valence electrons. The molecule has 1 aromatic rings. The topological polar surface area (TPSA) is 51.6 Å². The SMILES string of the molecule is COP(O)(=S)OCCCCCCSSc1ccccn1. The van der Waals surface area contributed by atoms with Crippen molar-refractivity contribution in [2.24, 2.45) is 0 Å². The molecule has 0 radical (unpaired) electrons. The molecule has 0 aliphatic carbocycles. The number of rotatable bonds is 11. The molecule has 0 fully saturated rings. The molecule has 1 heterocycles. The maximum Gasteiger partial charge on any atom is 0.324 e. The standard InChI is InChI=1S/C12H20NO3PS3/c1-15-17(14,18)16-10-6-2-3-7-11-19-20-12-8-4-5-9-13-12/h4-5,8-9H,2-3,6-7,10-11H2,1H3,(H,14,18). The van der Waals surface area contributed by atoms with Gasteiger partial charge in [0.2, 0.25) is 0 Å². The molecule has 0 aliphatic rings. The zero-order valence-corrected chi connectivity index (χ0v) is 14.8. The third-order valence-corrected chi connectivity index (χ3v) is 6.47. The number of aromatic nitrogens is 1. The average molecular weight is 353 g/mol. The lowest BCUT2D eigenvalue weighted by molar-refractivity contribution is 0.221. The molecule has 0 spiro atoms. The van der Waals surface area contributed by atoms with Crippen LogP contribution in [-0.2, 0) is 20.9 Å². The second-order valence-electron chi connectivity index (χ2n) is 3.97. The van der Waals surface area contributed by atoms with E-state index in [1.165, 1.54) is 13.5 Å². The summed E-state index contributed by atoms with van der Waals surface area (Å²) in [5.74, 6) is 1.11. The predicted molar refractivity (Wildman–Crippen MR) is 90.5 cm³/mol. The highest BCUT2D eigenvalue weighted by atomic mass is 33.1. The Kier molecular flexibility index (Phi) is 10.1. The first-order valence-corrected chi connectivity index (χ1v) is 11.3. The van der Waals surface area contributed by atoms with Crippen molar-refractivity contribution in [3.8, 4) is 0 Å². The first-order chi connectivity index (χ1) is 9.64. The minimum absolute atomic E-state index is 0.470. The number of hydrogen-bond donors (Lipinski definition) is 1. The zero-order valence-electron chi connectivity index (χ0n) is 11.4. The van der Waals surface area contributed by atoms with Gasteiger partial charge in [0.15, 0.2) is 0 Å². The van der Waals surface area contributed by atoms with Crippen LogP contribution >= 0.6 is 28.3 Å². The lowest BCUT2D eigenvalue weighted by atomic mass is 10.2. The molecule has 0 saturated heterocycles. The van der Waals surface area contributed by atoms with Gasteiger partial charge in [0.1, 0.15) is 5.03 Å². The number of hydrogen-bond acceptors (Lipinski definition) is 6. The first-order valence-electron chi connectivity index (χ1n) is 6.37. The number of nitrogens with zero attached hydrogens (tertiary/aromatic N) is 1. The largest absolute Gasteiger partial charge is 0.324 e. The van der Waals surface area contributed by atoms with Crippen molar-refractivity contribution in [1.29, 1.82) is 0 Å². The summed E-state index contributed by atoms with van der Waals surface area (Å²) in [6.07, 6.45) is 6.11. The fraction of sp³-hybridized carbons (Fsp3) is 0.583. The van der Waals surface area contributed by atoms with E-state index in [1.54, 1.807) is 10.8 Å². The monoisotopic (exact) mass is 353 g/mol. The average Bonchev–Trinajstić information content (AvgIpc) is 2.46. The fourth-order valence-corrected chi connectivity index (χ4v) is 4.06. The summed E-state index contributed by atoms with van der Waals surface area (Å²) >= 11 is 4.74. The summed E-state index contributed by atoms with van der Waals surface area (Å²) in [6, 6.07) is 5.94. The van der Waals surface area contributed by atoms with Crippen LogP contribution in [0, 0.1) is 0 Å². The number of pyridine rings is 1. The van der Waals surface area contributed by atoms with E-state index >= 15 is 0 Å². The summed E-state index contributed by atoms with van der Waals surface area (Å²) in [5.41, 5.74) is 0. The molecule has 4 nitrogen and oxygen atoms in total. The van der Waals surface area contributed by atoms with Gasteiger partial charge < -0.3 is 13.9 Å². The van der Waals surface area contributed by atoms with Gasteiger partial charge >= 0.3 is 6.72 Å². The molecule has 0 amide bonds. The first kappa shape index (κ1) is 18.4. The van der Waals surface area contributed by atoms with E-state index < -0.39 is 6.72 Å². The molecule has 8 heteroatoms. The summed E-state index contributed by atoms with van der Waals surface area (Å²) in [5, 5.41) is 1.05. The van der Waals surface area contributed by atoms with Gasteiger partial charge in [0, 0.05) is 19.1 Å². The van der Waals surface area contributed by atoms with Crippen molar-refractivity contribution in [3.63, 3.8) is 0 Å². The highest BCUT2D eigenvalue weighted by Gasteiger charge is 2.10. The molecular weight excluding hydrogens is 333 g/mol. The molecule has 0 aliphatic heterocycles. The van der Waals surface area contributed by atoms with Crippen molar-refractivity contribution in [3.05, 3.63) is 24.4 Å². The minimum atomic E-state index is -2.95. The van der Waals surface area contributed by atoms with Gasteiger partial charge in [-0.15, -0.1) is 0 Å². The van der Waals surface area contributed by atoms with E-state index in [9.17, 15) is 4.89 Å². The highest BCUT2D eigenvalue weighted by Crippen LogP contribution is 2.42. The van der Waals surface area contributed by atoms with Gasteiger partial charge in [-0.3, -0.25) is 0 Å². The maximum absolute atomic E-state index is 9.37. The van der Waals surface area contributed by atoms with E-state index in [0.717, 1.165) is 30.0 Å². The van der Waals surface area contributed by atoms with Crippen LogP contribution in [0.1, 0.15) is 25.7 Å². The van der Waals surface area contributed by atoms with Crippen LogP contribution in [-0.4, -0.2) is 29.3 Å². The van der Waals surface area contributed by atoms with Gasteiger partial charge in [-0.2, -0.15) is 0 Å². The summed E-state index contributed by atoms with van der Waals surface area (Å²) in [7, 11) is 4.92. The normalized spacial score (nSPS) is 14.1. The van der Waals surface area contributed by atoms with E-state index in [2.05, 4.69) is 9.51 Å². The second kappa shape index (κ2) is 11.0. The Hall–Kier alpha value is 0.380. The molecule has 0 saturated carbocycles. The van der Waals surface area contributed by atoms with Crippen LogP contribution < -0.4 is 0 Å². The predicted octanol–water partition coefficient (Wildman–Crippen LogP) is 4.26. The van der Waals surface area contributed by atoms with Crippen molar-refractivity contribution in [1.82, 2.24) is 4.98 Å². The van der Waals surface area contributed by atoms with E-state index in [-0.39, 0.29) is 0 Å². The quantitative estimate of drug-likeness (QED) is 0.362. The summed E-state index contributed by atoms with van der Waals surface area (Å²) in [6.45, 7) is -2.49. The Morgan fingerprint density at radius 3 is 2.80 bits per heavy atom. The van der Waals surface area contributed by atoms with E-state index in [0.29, 0.717) is 6.61 Å².